The first kappa shape index (κ1) is 13.5. The Morgan fingerprint density at radius 3 is 2.74 bits per heavy atom. The van der Waals surface area contributed by atoms with Gasteiger partial charge in [-0.1, -0.05) is 6.08 Å². The number of hydrogen-bond acceptors (Lipinski definition) is 4. The molecule has 2 aliphatic heterocycles. The fourth-order valence-electron chi connectivity index (χ4n) is 2.14. The summed E-state index contributed by atoms with van der Waals surface area (Å²) < 4.78 is 13.3. The number of halogens is 1. The van der Waals surface area contributed by atoms with Crippen LogP contribution >= 0.6 is 0 Å². The van der Waals surface area contributed by atoms with Crippen molar-refractivity contribution < 1.29 is 23.6 Å². The van der Waals surface area contributed by atoms with Crippen LogP contribution in [-0.2, 0) is 14.4 Å². The molecular formula is C11H14FN3O4. The van der Waals surface area contributed by atoms with Gasteiger partial charge in [0.05, 0.1) is 6.54 Å². The van der Waals surface area contributed by atoms with E-state index in [1.54, 1.807) is 13.0 Å². The second kappa shape index (κ2) is 4.61. The first-order chi connectivity index (χ1) is 8.82. The van der Waals surface area contributed by atoms with Crippen LogP contribution in [0.5, 0.6) is 0 Å². The third-order valence-electron chi connectivity index (χ3n) is 3.19. The summed E-state index contributed by atoms with van der Waals surface area (Å²) in [6.45, 7) is 2.89. The number of hydroxylamine groups is 2. The number of nitrogens with two attached hydrogens (primary N) is 1. The lowest BCUT2D eigenvalue weighted by Crippen LogP contribution is -2.46. The molecule has 3 amide bonds. The highest BCUT2D eigenvalue weighted by atomic mass is 19.1. The van der Waals surface area contributed by atoms with Crippen molar-refractivity contribution >= 4 is 17.7 Å². The summed E-state index contributed by atoms with van der Waals surface area (Å²) in [7, 11) is 0. The van der Waals surface area contributed by atoms with Crippen molar-refractivity contribution in [3.05, 3.63) is 11.6 Å². The number of hydrogen-bond donors (Lipinski definition) is 1. The lowest BCUT2D eigenvalue weighted by Gasteiger charge is -2.26. The number of ketones is 1. The standard InChI is InChI=1S/C11H14FN3O4/c1-5-3-7(10(13)17)14-4-8(5)15(11(14)18)19-9(12)6(2)16/h3,7-9H,4H2,1-2H3,(H2,13,17)/t7-,8-,9-/m0/s1. The van der Waals surface area contributed by atoms with Crippen LogP contribution in [0.2, 0.25) is 0 Å². The third-order valence-corrected chi connectivity index (χ3v) is 3.19. The Morgan fingerprint density at radius 1 is 1.58 bits per heavy atom. The van der Waals surface area contributed by atoms with Gasteiger partial charge in [-0.15, -0.1) is 0 Å². The highest BCUT2D eigenvalue weighted by molar-refractivity contribution is 5.90. The topological polar surface area (TPSA) is 92.9 Å². The zero-order valence-corrected chi connectivity index (χ0v) is 10.5. The van der Waals surface area contributed by atoms with Gasteiger partial charge in [-0.05, 0) is 12.5 Å². The number of nitrogens with zero attached hydrogens (tertiary/aromatic N) is 2. The molecule has 2 bridgehead atoms. The Kier molecular flexibility index (Phi) is 3.27. The van der Waals surface area contributed by atoms with Crippen LogP contribution in [0.1, 0.15) is 13.8 Å². The SMILES string of the molecule is CC(=O)[C@@H](F)ON1C(=O)N2C[C@H]1C(C)=C[C@H]2C(N)=O. The summed E-state index contributed by atoms with van der Waals surface area (Å²) in [5.74, 6) is -1.51. The molecule has 2 aliphatic rings. The smallest absolute Gasteiger partial charge is 0.345 e. The van der Waals surface area contributed by atoms with E-state index < -0.39 is 36.2 Å². The number of urea groups is 1. The maximum atomic E-state index is 13.3. The average molecular weight is 271 g/mol. The van der Waals surface area contributed by atoms with Crippen LogP contribution in [-0.4, -0.2) is 52.7 Å². The van der Waals surface area contributed by atoms with Crippen LogP contribution in [0.4, 0.5) is 9.18 Å². The van der Waals surface area contributed by atoms with Crippen molar-refractivity contribution in [2.75, 3.05) is 6.54 Å². The Morgan fingerprint density at radius 2 is 2.21 bits per heavy atom. The molecule has 3 atom stereocenters. The molecule has 7 nitrogen and oxygen atoms in total. The van der Waals surface area contributed by atoms with Crippen molar-refractivity contribution in [3.8, 4) is 0 Å². The molecule has 104 valence electrons. The maximum Gasteiger partial charge on any atom is 0.345 e. The molecule has 2 rings (SSSR count). The number of Topliss-reactive ketones (excluding diaryl/α,β-unsaturated/α-hetero) is 1. The number of carbonyl (C=O) groups excluding carboxylic acids is 3. The Labute approximate surface area is 108 Å². The zero-order valence-electron chi connectivity index (χ0n) is 10.5. The molecule has 0 saturated carbocycles. The van der Waals surface area contributed by atoms with E-state index >= 15 is 0 Å². The molecule has 0 aromatic carbocycles. The minimum atomic E-state index is -2.20. The quantitative estimate of drug-likeness (QED) is 0.712. The summed E-state index contributed by atoms with van der Waals surface area (Å²) in [5.41, 5.74) is 5.87. The minimum Gasteiger partial charge on any atom is -0.368 e. The Bertz CT molecular complexity index is 479. The van der Waals surface area contributed by atoms with Crippen LogP contribution in [0.3, 0.4) is 0 Å². The van der Waals surface area contributed by atoms with E-state index in [9.17, 15) is 18.8 Å². The molecule has 1 saturated heterocycles. The summed E-state index contributed by atoms with van der Waals surface area (Å²) in [4.78, 5) is 40.0. The van der Waals surface area contributed by atoms with Gasteiger partial charge in [-0.25, -0.2) is 14.0 Å². The van der Waals surface area contributed by atoms with Crippen molar-refractivity contribution in [2.45, 2.75) is 32.3 Å². The Balaban J connectivity index is 2.23. The van der Waals surface area contributed by atoms with Crippen LogP contribution < -0.4 is 5.73 Å². The lowest BCUT2D eigenvalue weighted by atomic mass is 10.0. The number of rotatable bonds is 4. The summed E-state index contributed by atoms with van der Waals surface area (Å²) >= 11 is 0. The van der Waals surface area contributed by atoms with Crippen molar-refractivity contribution in [2.24, 2.45) is 5.73 Å². The van der Waals surface area contributed by atoms with Crippen LogP contribution in [0.25, 0.3) is 0 Å². The van der Waals surface area contributed by atoms with E-state index in [4.69, 9.17) is 10.6 Å². The second-order valence-corrected chi connectivity index (χ2v) is 4.57. The highest BCUT2D eigenvalue weighted by Gasteiger charge is 2.48. The van der Waals surface area contributed by atoms with Crippen molar-refractivity contribution in [1.82, 2.24) is 9.96 Å². The van der Waals surface area contributed by atoms with Gasteiger partial charge in [0.1, 0.15) is 12.1 Å². The van der Waals surface area contributed by atoms with Gasteiger partial charge in [-0.2, -0.15) is 5.06 Å². The van der Waals surface area contributed by atoms with Crippen LogP contribution in [0, 0.1) is 0 Å². The number of amides is 3. The van der Waals surface area contributed by atoms with E-state index in [0.29, 0.717) is 5.57 Å². The molecule has 8 heteroatoms. The van der Waals surface area contributed by atoms with Crippen molar-refractivity contribution in [3.63, 3.8) is 0 Å². The fraction of sp³-hybridized carbons (Fsp3) is 0.545. The largest absolute Gasteiger partial charge is 0.368 e. The van der Waals surface area contributed by atoms with E-state index in [-0.39, 0.29) is 6.54 Å². The summed E-state index contributed by atoms with van der Waals surface area (Å²) in [6, 6.07) is -2.06. The number of fused-ring (bicyclic) bond motifs is 2. The lowest BCUT2D eigenvalue weighted by molar-refractivity contribution is -0.207. The van der Waals surface area contributed by atoms with E-state index in [0.717, 1.165) is 12.0 Å². The Hall–Kier alpha value is -1.96. The molecule has 2 heterocycles. The molecule has 0 aliphatic carbocycles. The first-order valence-corrected chi connectivity index (χ1v) is 5.71. The molecular weight excluding hydrogens is 257 g/mol. The molecule has 0 aromatic heterocycles. The van der Waals surface area contributed by atoms with Crippen molar-refractivity contribution in [1.29, 1.82) is 0 Å². The number of alkyl halides is 1. The van der Waals surface area contributed by atoms with E-state index in [2.05, 4.69) is 0 Å². The zero-order chi connectivity index (χ0) is 14.3. The van der Waals surface area contributed by atoms with Gasteiger partial charge in [-0.3, -0.25) is 9.59 Å². The minimum absolute atomic E-state index is 0.180. The first-order valence-electron chi connectivity index (χ1n) is 5.71. The predicted molar refractivity (Wildman–Crippen MR) is 61.1 cm³/mol. The fourth-order valence-corrected chi connectivity index (χ4v) is 2.14. The molecule has 0 unspecified atom stereocenters. The molecule has 0 spiro atoms. The maximum absolute atomic E-state index is 13.3. The van der Waals surface area contributed by atoms with Crippen LogP contribution in [0.15, 0.2) is 11.6 Å². The summed E-state index contributed by atoms with van der Waals surface area (Å²) in [5, 5.41) is 0.793. The number of primary amides is 1. The van der Waals surface area contributed by atoms with E-state index in [1.807, 2.05) is 0 Å². The van der Waals surface area contributed by atoms with Gasteiger partial charge in [0.25, 0.3) is 6.36 Å². The monoisotopic (exact) mass is 271 g/mol. The second-order valence-electron chi connectivity index (χ2n) is 4.57. The molecule has 19 heavy (non-hydrogen) atoms. The van der Waals surface area contributed by atoms with E-state index in [1.165, 1.54) is 4.90 Å². The number of carbonyl (C=O) groups is 3. The average Bonchev–Trinajstić information content (AvgIpc) is 2.60. The van der Waals surface area contributed by atoms with Gasteiger partial charge < -0.3 is 10.6 Å². The summed E-state index contributed by atoms with van der Waals surface area (Å²) in [6.07, 6.45) is -0.664. The normalized spacial score (nSPS) is 27.3. The predicted octanol–water partition coefficient (Wildman–Crippen LogP) is -0.277. The third kappa shape index (κ3) is 2.19. The van der Waals surface area contributed by atoms with Gasteiger partial charge in [0, 0.05) is 6.92 Å². The van der Waals surface area contributed by atoms with Gasteiger partial charge in [0.2, 0.25) is 5.91 Å². The molecule has 0 aromatic rings. The molecule has 0 radical (unpaired) electrons. The highest BCUT2D eigenvalue weighted by Crippen LogP contribution is 2.30. The van der Waals surface area contributed by atoms with Gasteiger partial charge in [0.15, 0.2) is 5.78 Å². The molecule has 1 fully saturated rings. The molecule has 2 N–H and O–H groups in total. The van der Waals surface area contributed by atoms with Gasteiger partial charge >= 0.3 is 6.03 Å².